The lowest BCUT2D eigenvalue weighted by Crippen LogP contribution is -2.23. The molecule has 1 heterocycles. The van der Waals surface area contributed by atoms with Gasteiger partial charge in [-0.05, 0) is 38.5 Å². The number of pyridine rings is 1. The van der Waals surface area contributed by atoms with Gasteiger partial charge in [0.15, 0.2) is 0 Å². The molecule has 0 radical (unpaired) electrons. The Bertz CT molecular complexity index is 663. The first kappa shape index (κ1) is 15.8. The van der Waals surface area contributed by atoms with Crippen molar-refractivity contribution in [1.29, 1.82) is 0 Å². The Morgan fingerprint density at radius 3 is 2.77 bits per heavy atom. The molecule has 0 saturated carbocycles. The summed E-state index contributed by atoms with van der Waals surface area (Å²) in [6.45, 7) is 6.53. The summed E-state index contributed by atoms with van der Waals surface area (Å²) in [6.07, 6.45) is 3.42. The molecule has 5 nitrogen and oxygen atoms in total. The molecule has 1 amide bonds. The van der Waals surface area contributed by atoms with Gasteiger partial charge < -0.3 is 15.8 Å². The van der Waals surface area contributed by atoms with E-state index in [1.165, 1.54) is 0 Å². The van der Waals surface area contributed by atoms with Crippen molar-refractivity contribution in [2.24, 2.45) is 5.73 Å². The van der Waals surface area contributed by atoms with Crippen molar-refractivity contribution in [2.45, 2.75) is 32.9 Å². The van der Waals surface area contributed by atoms with Gasteiger partial charge in [-0.2, -0.15) is 0 Å². The highest BCUT2D eigenvalue weighted by Crippen LogP contribution is 2.27. The summed E-state index contributed by atoms with van der Waals surface area (Å²) in [4.78, 5) is 15.3. The van der Waals surface area contributed by atoms with Crippen LogP contribution in [0.5, 0.6) is 5.75 Å². The van der Waals surface area contributed by atoms with E-state index in [2.05, 4.69) is 10.3 Å². The predicted octanol–water partition coefficient (Wildman–Crippen LogP) is 2.97. The van der Waals surface area contributed by atoms with E-state index in [1.807, 2.05) is 39.0 Å². The van der Waals surface area contributed by atoms with Crippen LogP contribution in [-0.2, 0) is 6.54 Å². The highest BCUT2D eigenvalue weighted by atomic mass is 16.5. The third-order valence-corrected chi connectivity index (χ3v) is 2.89. The van der Waals surface area contributed by atoms with Gasteiger partial charge >= 0.3 is 0 Å². The van der Waals surface area contributed by atoms with Gasteiger partial charge in [-0.15, -0.1) is 0 Å². The van der Waals surface area contributed by atoms with Crippen LogP contribution in [0, 0.1) is 0 Å². The van der Waals surface area contributed by atoms with Gasteiger partial charge in [0.2, 0.25) is 5.91 Å². The maximum atomic E-state index is 11.2. The first-order chi connectivity index (χ1) is 10.3. The second kappa shape index (κ2) is 6.47. The summed E-state index contributed by atoms with van der Waals surface area (Å²) in [7, 11) is 0. The Morgan fingerprint density at radius 2 is 2.09 bits per heavy atom. The fourth-order valence-electron chi connectivity index (χ4n) is 1.97. The van der Waals surface area contributed by atoms with Crippen molar-refractivity contribution >= 4 is 11.6 Å². The molecule has 2 aromatic rings. The van der Waals surface area contributed by atoms with Crippen molar-refractivity contribution < 1.29 is 9.53 Å². The quantitative estimate of drug-likeness (QED) is 0.889. The molecule has 0 atom stereocenters. The zero-order chi connectivity index (χ0) is 16.2. The molecule has 0 aliphatic carbocycles. The fraction of sp³-hybridized carbons (Fsp3) is 0.294. The minimum atomic E-state index is -0.431. The number of carbonyl (C=O) groups is 1. The highest BCUT2D eigenvalue weighted by Gasteiger charge is 2.14. The molecule has 1 aromatic carbocycles. The third kappa shape index (κ3) is 4.48. The molecule has 22 heavy (non-hydrogen) atoms. The predicted molar refractivity (Wildman–Crippen MR) is 86.9 cm³/mol. The lowest BCUT2D eigenvalue weighted by molar-refractivity contribution is 0.1000. The molecule has 0 spiro atoms. The molecule has 0 fully saturated rings. The Kier molecular flexibility index (Phi) is 4.65. The molecule has 0 bridgehead atoms. The SMILES string of the molecule is CC(C)(C)Oc1ccncc1NCc1cccc(C(N)=O)c1. The molecule has 1 aromatic heterocycles. The number of rotatable bonds is 5. The second-order valence-corrected chi connectivity index (χ2v) is 6.00. The Hall–Kier alpha value is -2.56. The van der Waals surface area contributed by atoms with E-state index in [0.717, 1.165) is 17.0 Å². The molecule has 0 saturated heterocycles. The average molecular weight is 299 g/mol. The van der Waals surface area contributed by atoms with Crippen LogP contribution in [0.15, 0.2) is 42.7 Å². The number of aromatic nitrogens is 1. The molecular formula is C17H21N3O2. The number of nitrogens with zero attached hydrogens (tertiary/aromatic N) is 1. The number of anilines is 1. The van der Waals surface area contributed by atoms with Gasteiger partial charge in [-0.1, -0.05) is 12.1 Å². The zero-order valence-electron chi connectivity index (χ0n) is 13.1. The van der Waals surface area contributed by atoms with E-state index in [9.17, 15) is 4.79 Å². The monoisotopic (exact) mass is 299 g/mol. The van der Waals surface area contributed by atoms with Crippen LogP contribution in [0.1, 0.15) is 36.7 Å². The van der Waals surface area contributed by atoms with Gasteiger partial charge in [0.05, 0.1) is 11.9 Å². The maximum Gasteiger partial charge on any atom is 0.248 e. The number of hydrogen-bond acceptors (Lipinski definition) is 4. The number of amides is 1. The van der Waals surface area contributed by atoms with Gasteiger partial charge in [0.25, 0.3) is 0 Å². The zero-order valence-corrected chi connectivity index (χ0v) is 13.1. The van der Waals surface area contributed by atoms with Crippen molar-refractivity contribution in [3.63, 3.8) is 0 Å². The molecular weight excluding hydrogens is 278 g/mol. The number of nitrogens with two attached hydrogens (primary N) is 1. The van der Waals surface area contributed by atoms with Crippen LogP contribution < -0.4 is 15.8 Å². The number of ether oxygens (including phenoxy) is 1. The average Bonchev–Trinajstić information content (AvgIpc) is 2.45. The van der Waals surface area contributed by atoms with Gasteiger partial charge in [0, 0.05) is 24.4 Å². The van der Waals surface area contributed by atoms with Crippen LogP contribution in [0.25, 0.3) is 0 Å². The molecule has 5 heteroatoms. The lowest BCUT2D eigenvalue weighted by atomic mass is 10.1. The Balaban J connectivity index is 2.12. The topological polar surface area (TPSA) is 77.2 Å². The third-order valence-electron chi connectivity index (χ3n) is 2.89. The molecule has 0 unspecified atom stereocenters. The summed E-state index contributed by atoms with van der Waals surface area (Å²) >= 11 is 0. The summed E-state index contributed by atoms with van der Waals surface area (Å²) < 4.78 is 5.91. The Morgan fingerprint density at radius 1 is 1.32 bits per heavy atom. The molecule has 2 rings (SSSR count). The summed E-state index contributed by atoms with van der Waals surface area (Å²) in [5.74, 6) is 0.313. The van der Waals surface area contributed by atoms with E-state index in [0.29, 0.717) is 12.1 Å². The second-order valence-electron chi connectivity index (χ2n) is 6.00. The smallest absolute Gasteiger partial charge is 0.248 e. The number of primary amides is 1. The van der Waals surface area contributed by atoms with E-state index in [1.54, 1.807) is 24.5 Å². The van der Waals surface area contributed by atoms with Crippen LogP contribution in [0.3, 0.4) is 0 Å². The molecule has 0 aliphatic heterocycles. The van der Waals surface area contributed by atoms with Crippen molar-refractivity contribution in [1.82, 2.24) is 4.98 Å². The van der Waals surface area contributed by atoms with Crippen molar-refractivity contribution in [2.75, 3.05) is 5.32 Å². The van der Waals surface area contributed by atoms with Crippen molar-refractivity contribution in [3.8, 4) is 5.75 Å². The molecule has 116 valence electrons. The molecule has 3 N–H and O–H groups in total. The maximum absolute atomic E-state index is 11.2. The van der Waals surface area contributed by atoms with E-state index in [4.69, 9.17) is 10.5 Å². The van der Waals surface area contributed by atoms with Crippen LogP contribution in [0.2, 0.25) is 0 Å². The number of carbonyl (C=O) groups excluding carboxylic acids is 1. The highest BCUT2D eigenvalue weighted by molar-refractivity contribution is 5.92. The summed E-state index contributed by atoms with van der Waals surface area (Å²) in [6, 6.07) is 9.04. The molecule has 0 aliphatic rings. The number of hydrogen-bond donors (Lipinski definition) is 2. The first-order valence-corrected chi connectivity index (χ1v) is 7.11. The standard InChI is InChI=1S/C17H21N3O2/c1-17(2,3)22-15-7-8-19-11-14(15)20-10-12-5-4-6-13(9-12)16(18)21/h4-9,11,20H,10H2,1-3H3,(H2,18,21). The fourth-order valence-corrected chi connectivity index (χ4v) is 1.97. The minimum Gasteiger partial charge on any atom is -0.486 e. The Labute approximate surface area is 130 Å². The van der Waals surface area contributed by atoms with E-state index >= 15 is 0 Å². The first-order valence-electron chi connectivity index (χ1n) is 7.11. The van der Waals surface area contributed by atoms with Gasteiger partial charge in [-0.25, -0.2) is 0 Å². The van der Waals surface area contributed by atoms with Crippen LogP contribution >= 0.6 is 0 Å². The van der Waals surface area contributed by atoms with Gasteiger partial charge in [0.1, 0.15) is 11.4 Å². The normalized spacial score (nSPS) is 11.0. The number of nitrogens with one attached hydrogen (secondary N) is 1. The van der Waals surface area contributed by atoms with E-state index < -0.39 is 5.91 Å². The van der Waals surface area contributed by atoms with E-state index in [-0.39, 0.29) is 5.60 Å². The van der Waals surface area contributed by atoms with Crippen LogP contribution in [-0.4, -0.2) is 16.5 Å². The lowest BCUT2D eigenvalue weighted by Gasteiger charge is -2.23. The number of benzene rings is 1. The summed E-state index contributed by atoms with van der Waals surface area (Å²) in [5, 5.41) is 3.28. The van der Waals surface area contributed by atoms with Gasteiger partial charge in [-0.3, -0.25) is 9.78 Å². The summed E-state index contributed by atoms with van der Waals surface area (Å²) in [5.41, 5.74) is 7.27. The van der Waals surface area contributed by atoms with Crippen molar-refractivity contribution in [3.05, 3.63) is 53.9 Å². The largest absolute Gasteiger partial charge is 0.486 e. The minimum absolute atomic E-state index is 0.288. The van der Waals surface area contributed by atoms with Crippen LogP contribution in [0.4, 0.5) is 5.69 Å².